The van der Waals surface area contributed by atoms with Gasteiger partial charge in [-0.05, 0) is 6.07 Å². The van der Waals surface area contributed by atoms with Crippen LogP contribution in [0.3, 0.4) is 0 Å². The Morgan fingerprint density at radius 1 is 1.39 bits per heavy atom. The average molecular weight is 275 g/mol. The molecule has 0 atom stereocenters. The average Bonchev–Trinajstić information content (AvgIpc) is 2.36. The third-order valence-electron chi connectivity index (χ3n) is 2.61. The van der Waals surface area contributed by atoms with Crippen LogP contribution in [0.2, 0.25) is 0 Å². The summed E-state index contributed by atoms with van der Waals surface area (Å²) in [6, 6.07) is 4.60. The number of sulfone groups is 1. The summed E-state index contributed by atoms with van der Waals surface area (Å²) in [5.74, 6) is 0.303. The molecule has 1 aromatic rings. The van der Waals surface area contributed by atoms with Crippen molar-refractivity contribution in [2.75, 3.05) is 25.2 Å². The molecule has 0 bridgehead atoms. The molecular weight excluding hydrogens is 257 g/mol. The van der Waals surface area contributed by atoms with Crippen LogP contribution in [0, 0.1) is 5.82 Å². The van der Waals surface area contributed by atoms with Gasteiger partial charge in [0.1, 0.15) is 11.6 Å². The van der Waals surface area contributed by atoms with Crippen molar-refractivity contribution in [3.8, 4) is 5.75 Å². The Morgan fingerprint density at radius 2 is 2.11 bits per heavy atom. The highest BCUT2D eigenvalue weighted by molar-refractivity contribution is 7.91. The first-order valence-corrected chi connectivity index (χ1v) is 7.54. The van der Waals surface area contributed by atoms with Gasteiger partial charge in [0.2, 0.25) is 0 Å². The number of hydrogen-bond acceptors (Lipinski definition) is 4. The third-order valence-corrected chi connectivity index (χ3v) is 4.31. The van der Waals surface area contributed by atoms with Crippen molar-refractivity contribution in [2.45, 2.75) is 13.5 Å². The fraction of sp³-hybridized carbons (Fsp3) is 0.500. The molecule has 0 radical (unpaired) electrons. The molecule has 0 aromatic heterocycles. The van der Waals surface area contributed by atoms with Gasteiger partial charge in [0.15, 0.2) is 9.84 Å². The van der Waals surface area contributed by atoms with E-state index in [0.29, 0.717) is 24.4 Å². The van der Waals surface area contributed by atoms with Crippen LogP contribution in [0.4, 0.5) is 4.39 Å². The van der Waals surface area contributed by atoms with E-state index in [0.717, 1.165) is 0 Å². The van der Waals surface area contributed by atoms with Crippen LogP contribution in [-0.2, 0) is 16.4 Å². The van der Waals surface area contributed by atoms with E-state index in [9.17, 15) is 12.8 Å². The van der Waals surface area contributed by atoms with Gasteiger partial charge in [-0.15, -0.1) is 0 Å². The minimum Gasteiger partial charge on any atom is -0.497 e. The molecule has 1 rings (SSSR count). The normalized spacial score (nSPS) is 11.5. The molecule has 0 aliphatic heterocycles. The van der Waals surface area contributed by atoms with E-state index in [2.05, 4.69) is 5.32 Å². The van der Waals surface area contributed by atoms with Gasteiger partial charge in [-0.3, -0.25) is 0 Å². The molecule has 0 heterocycles. The molecular formula is C12H18FNO3S. The van der Waals surface area contributed by atoms with Gasteiger partial charge in [0, 0.05) is 30.5 Å². The Balaban J connectivity index is 2.45. The molecule has 0 unspecified atom stereocenters. The van der Waals surface area contributed by atoms with Crippen LogP contribution in [0.15, 0.2) is 18.2 Å². The summed E-state index contributed by atoms with van der Waals surface area (Å²) in [6.07, 6.45) is 0. The molecule has 0 aliphatic rings. The summed E-state index contributed by atoms with van der Waals surface area (Å²) in [4.78, 5) is 0. The Morgan fingerprint density at radius 3 is 2.67 bits per heavy atom. The molecule has 0 aliphatic carbocycles. The van der Waals surface area contributed by atoms with Gasteiger partial charge >= 0.3 is 0 Å². The van der Waals surface area contributed by atoms with Crippen molar-refractivity contribution in [1.82, 2.24) is 5.32 Å². The number of benzene rings is 1. The predicted octanol–water partition coefficient (Wildman–Crippen LogP) is 1.36. The highest BCUT2D eigenvalue weighted by Crippen LogP contribution is 2.15. The van der Waals surface area contributed by atoms with Crippen LogP contribution in [0.1, 0.15) is 12.5 Å². The topological polar surface area (TPSA) is 55.4 Å². The molecule has 1 aromatic carbocycles. The number of nitrogens with one attached hydrogen (secondary N) is 1. The molecule has 18 heavy (non-hydrogen) atoms. The van der Waals surface area contributed by atoms with E-state index in [4.69, 9.17) is 4.74 Å². The third kappa shape index (κ3) is 4.62. The van der Waals surface area contributed by atoms with Gasteiger partial charge in [-0.2, -0.15) is 0 Å². The minimum atomic E-state index is -2.97. The zero-order valence-electron chi connectivity index (χ0n) is 10.6. The number of rotatable bonds is 7. The Kier molecular flexibility index (Phi) is 5.55. The lowest BCUT2D eigenvalue weighted by Crippen LogP contribution is -2.23. The molecule has 4 nitrogen and oxygen atoms in total. The Labute approximate surface area is 107 Å². The maximum Gasteiger partial charge on any atom is 0.151 e. The van der Waals surface area contributed by atoms with Gasteiger partial charge in [-0.25, -0.2) is 12.8 Å². The van der Waals surface area contributed by atoms with Gasteiger partial charge in [-0.1, -0.05) is 13.0 Å². The number of hydrogen-bond donors (Lipinski definition) is 1. The molecule has 6 heteroatoms. The summed E-state index contributed by atoms with van der Waals surface area (Å²) in [7, 11) is -1.50. The van der Waals surface area contributed by atoms with Crippen LogP contribution in [-0.4, -0.2) is 33.6 Å². The van der Waals surface area contributed by atoms with E-state index >= 15 is 0 Å². The molecule has 0 amide bonds. The first kappa shape index (κ1) is 14.9. The molecule has 0 fully saturated rings. The molecule has 0 saturated carbocycles. The van der Waals surface area contributed by atoms with E-state index < -0.39 is 9.84 Å². The minimum absolute atomic E-state index is 0.0707. The van der Waals surface area contributed by atoms with E-state index in [1.54, 1.807) is 19.1 Å². The summed E-state index contributed by atoms with van der Waals surface area (Å²) in [5.41, 5.74) is 0.490. The van der Waals surface area contributed by atoms with Crippen LogP contribution >= 0.6 is 0 Å². The van der Waals surface area contributed by atoms with Crippen LogP contribution < -0.4 is 10.1 Å². The summed E-state index contributed by atoms with van der Waals surface area (Å²) < 4.78 is 40.9. The van der Waals surface area contributed by atoms with Gasteiger partial charge in [0.05, 0.1) is 12.9 Å². The maximum absolute atomic E-state index is 13.5. The molecule has 102 valence electrons. The van der Waals surface area contributed by atoms with Crippen LogP contribution in [0.5, 0.6) is 5.75 Å². The lowest BCUT2D eigenvalue weighted by molar-refractivity contribution is 0.410. The van der Waals surface area contributed by atoms with Crippen molar-refractivity contribution in [3.05, 3.63) is 29.6 Å². The van der Waals surface area contributed by atoms with Crippen molar-refractivity contribution >= 4 is 9.84 Å². The van der Waals surface area contributed by atoms with Crippen molar-refractivity contribution in [3.63, 3.8) is 0 Å². The summed E-state index contributed by atoms with van der Waals surface area (Å²) in [6.45, 7) is 2.23. The Bertz CT molecular complexity index is 488. The molecule has 1 N–H and O–H groups in total. The lowest BCUT2D eigenvalue weighted by Gasteiger charge is -2.07. The van der Waals surface area contributed by atoms with Crippen LogP contribution in [0.25, 0.3) is 0 Å². The highest BCUT2D eigenvalue weighted by atomic mass is 32.2. The smallest absolute Gasteiger partial charge is 0.151 e. The largest absolute Gasteiger partial charge is 0.497 e. The number of halogens is 1. The summed E-state index contributed by atoms with van der Waals surface area (Å²) >= 11 is 0. The SMILES string of the molecule is CCS(=O)(=O)CCNCc1ccc(OC)cc1F. The summed E-state index contributed by atoms with van der Waals surface area (Å²) in [5, 5.41) is 2.91. The predicted molar refractivity (Wildman–Crippen MR) is 69.0 cm³/mol. The monoisotopic (exact) mass is 275 g/mol. The fourth-order valence-electron chi connectivity index (χ4n) is 1.39. The molecule has 0 saturated heterocycles. The lowest BCUT2D eigenvalue weighted by atomic mass is 10.2. The van der Waals surface area contributed by atoms with E-state index in [1.807, 2.05) is 0 Å². The maximum atomic E-state index is 13.5. The first-order chi connectivity index (χ1) is 8.48. The van der Waals surface area contributed by atoms with Crippen molar-refractivity contribution in [2.24, 2.45) is 0 Å². The first-order valence-electron chi connectivity index (χ1n) is 5.72. The van der Waals surface area contributed by atoms with Crippen molar-refractivity contribution < 1.29 is 17.5 Å². The molecule has 0 spiro atoms. The van der Waals surface area contributed by atoms with Gasteiger partial charge in [0.25, 0.3) is 0 Å². The van der Waals surface area contributed by atoms with Crippen molar-refractivity contribution in [1.29, 1.82) is 0 Å². The second-order valence-electron chi connectivity index (χ2n) is 3.87. The standard InChI is InChI=1S/C12H18FNO3S/c1-3-18(15,16)7-6-14-9-10-4-5-11(17-2)8-12(10)13/h4-5,8,14H,3,6-7,9H2,1-2H3. The number of methoxy groups -OCH3 is 1. The zero-order chi connectivity index (χ0) is 13.6. The quantitative estimate of drug-likeness (QED) is 0.763. The number of ether oxygens (including phenoxy) is 1. The van der Waals surface area contributed by atoms with E-state index in [1.165, 1.54) is 13.2 Å². The zero-order valence-corrected chi connectivity index (χ0v) is 11.4. The van der Waals surface area contributed by atoms with Gasteiger partial charge < -0.3 is 10.1 Å². The van der Waals surface area contributed by atoms with E-state index in [-0.39, 0.29) is 17.3 Å². The second-order valence-corrected chi connectivity index (χ2v) is 6.34. The highest BCUT2D eigenvalue weighted by Gasteiger charge is 2.07. The second kappa shape index (κ2) is 6.70. The Hall–Kier alpha value is -1.14. The fourth-order valence-corrected chi connectivity index (χ4v) is 2.14.